The summed E-state index contributed by atoms with van der Waals surface area (Å²) in [4.78, 5) is 0. The molecular weight excluding hydrogens is 238 g/mol. The molecule has 3 aromatic rings. The maximum Gasteiger partial charge on any atom is 0.204 e. The van der Waals surface area contributed by atoms with Crippen molar-refractivity contribution in [2.24, 2.45) is 0 Å². The Bertz CT molecular complexity index is 764. The first-order chi connectivity index (χ1) is 9.30. The van der Waals surface area contributed by atoms with Gasteiger partial charge in [-0.3, -0.25) is 0 Å². The molecule has 3 nitrogen and oxygen atoms in total. The van der Waals surface area contributed by atoms with Crippen LogP contribution in [0.1, 0.15) is 5.76 Å². The number of furan rings is 1. The number of ether oxygens (including phenoxy) is 1. The van der Waals surface area contributed by atoms with Crippen LogP contribution < -0.4 is 4.74 Å². The van der Waals surface area contributed by atoms with Crippen molar-refractivity contribution in [2.75, 3.05) is 7.11 Å². The lowest BCUT2D eigenvalue weighted by atomic mass is 10.0. The minimum atomic E-state index is 0.335. The van der Waals surface area contributed by atoms with Gasteiger partial charge in [0.1, 0.15) is 17.4 Å². The van der Waals surface area contributed by atoms with E-state index in [1.807, 2.05) is 48.5 Å². The fraction of sp³-hybridized carbons (Fsp3) is 0.0625. The first-order valence-corrected chi connectivity index (χ1v) is 5.88. The van der Waals surface area contributed by atoms with Gasteiger partial charge < -0.3 is 9.15 Å². The summed E-state index contributed by atoms with van der Waals surface area (Å²) < 4.78 is 10.5. The van der Waals surface area contributed by atoms with Crippen LogP contribution >= 0.6 is 0 Å². The van der Waals surface area contributed by atoms with Crippen molar-refractivity contribution < 1.29 is 9.15 Å². The lowest BCUT2D eigenvalue weighted by Gasteiger charge is -2.03. The van der Waals surface area contributed by atoms with Crippen LogP contribution in [0.25, 0.3) is 22.1 Å². The maximum atomic E-state index is 8.83. The normalized spacial score (nSPS) is 10.3. The zero-order valence-corrected chi connectivity index (χ0v) is 10.4. The second kappa shape index (κ2) is 4.51. The van der Waals surface area contributed by atoms with Crippen molar-refractivity contribution >= 4 is 11.0 Å². The summed E-state index contributed by atoms with van der Waals surface area (Å²) in [6.07, 6.45) is 0. The molecule has 19 heavy (non-hydrogen) atoms. The fourth-order valence-corrected chi connectivity index (χ4v) is 2.06. The van der Waals surface area contributed by atoms with Gasteiger partial charge in [-0.05, 0) is 35.4 Å². The Morgan fingerprint density at radius 3 is 2.42 bits per heavy atom. The van der Waals surface area contributed by atoms with E-state index in [1.54, 1.807) is 13.2 Å². The first kappa shape index (κ1) is 11.4. The topological polar surface area (TPSA) is 46.2 Å². The van der Waals surface area contributed by atoms with Crippen molar-refractivity contribution in [3.63, 3.8) is 0 Å². The van der Waals surface area contributed by atoms with Gasteiger partial charge in [-0.25, -0.2) is 0 Å². The average Bonchev–Trinajstić information content (AvgIpc) is 2.89. The van der Waals surface area contributed by atoms with Crippen LogP contribution in [0.3, 0.4) is 0 Å². The summed E-state index contributed by atoms with van der Waals surface area (Å²) in [7, 11) is 1.65. The van der Waals surface area contributed by atoms with Gasteiger partial charge in [0.2, 0.25) is 5.76 Å². The van der Waals surface area contributed by atoms with Gasteiger partial charge in [-0.15, -0.1) is 0 Å². The van der Waals surface area contributed by atoms with Crippen molar-refractivity contribution in [1.82, 2.24) is 0 Å². The Morgan fingerprint density at radius 2 is 1.74 bits per heavy atom. The van der Waals surface area contributed by atoms with Crippen molar-refractivity contribution in [1.29, 1.82) is 5.26 Å². The molecule has 0 saturated heterocycles. The predicted octanol–water partition coefficient (Wildman–Crippen LogP) is 3.98. The Balaban J connectivity index is 2.06. The molecule has 92 valence electrons. The fourth-order valence-electron chi connectivity index (χ4n) is 2.06. The Hall–Kier alpha value is -2.73. The van der Waals surface area contributed by atoms with Crippen LogP contribution in [0.15, 0.2) is 52.9 Å². The first-order valence-electron chi connectivity index (χ1n) is 5.88. The molecule has 0 aliphatic carbocycles. The lowest BCUT2D eigenvalue weighted by molar-refractivity contribution is 0.415. The molecule has 0 aliphatic rings. The van der Waals surface area contributed by atoms with Gasteiger partial charge in [-0.2, -0.15) is 5.26 Å². The van der Waals surface area contributed by atoms with E-state index in [1.165, 1.54) is 0 Å². The van der Waals surface area contributed by atoms with Gasteiger partial charge in [-0.1, -0.05) is 18.2 Å². The number of hydrogen-bond acceptors (Lipinski definition) is 3. The van der Waals surface area contributed by atoms with Gasteiger partial charge in [0.15, 0.2) is 0 Å². The van der Waals surface area contributed by atoms with E-state index >= 15 is 0 Å². The third kappa shape index (κ3) is 2.04. The smallest absolute Gasteiger partial charge is 0.204 e. The molecule has 0 radical (unpaired) electrons. The van der Waals surface area contributed by atoms with E-state index in [2.05, 4.69) is 0 Å². The van der Waals surface area contributed by atoms with Crippen molar-refractivity contribution in [2.45, 2.75) is 0 Å². The minimum Gasteiger partial charge on any atom is -0.497 e. The molecule has 0 amide bonds. The molecule has 0 bridgehead atoms. The lowest BCUT2D eigenvalue weighted by Crippen LogP contribution is -1.82. The number of methoxy groups -OCH3 is 1. The van der Waals surface area contributed by atoms with Crippen molar-refractivity contribution in [3.8, 4) is 22.9 Å². The highest BCUT2D eigenvalue weighted by atomic mass is 16.5. The second-order valence-electron chi connectivity index (χ2n) is 4.20. The Morgan fingerprint density at radius 1 is 1.00 bits per heavy atom. The van der Waals surface area contributed by atoms with E-state index in [4.69, 9.17) is 14.4 Å². The highest BCUT2D eigenvalue weighted by Crippen LogP contribution is 2.27. The van der Waals surface area contributed by atoms with Crippen LogP contribution in [0.4, 0.5) is 0 Å². The van der Waals surface area contributed by atoms with E-state index < -0.39 is 0 Å². The van der Waals surface area contributed by atoms with Crippen LogP contribution in [-0.2, 0) is 0 Å². The maximum absolute atomic E-state index is 8.83. The molecule has 0 spiro atoms. The van der Waals surface area contributed by atoms with Crippen LogP contribution in [0.2, 0.25) is 0 Å². The summed E-state index contributed by atoms with van der Waals surface area (Å²) in [5.41, 5.74) is 2.91. The number of hydrogen-bond donors (Lipinski definition) is 0. The zero-order chi connectivity index (χ0) is 13.2. The summed E-state index contributed by atoms with van der Waals surface area (Å²) >= 11 is 0. The number of fused-ring (bicyclic) bond motifs is 1. The molecule has 0 atom stereocenters. The second-order valence-corrected chi connectivity index (χ2v) is 4.20. The Labute approximate surface area is 110 Å². The monoisotopic (exact) mass is 249 g/mol. The highest BCUT2D eigenvalue weighted by molar-refractivity contribution is 5.84. The molecule has 3 heteroatoms. The summed E-state index contributed by atoms with van der Waals surface area (Å²) in [6, 6.07) is 17.5. The molecule has 1 heterocycles. The van der Waals surface area contributed by atoms with Gasteiger partial charge >= 0.3 is 0 Å². The number of rotatable bonds is 2. The predicted molar refractivity (Wildman–Crippen MR) is 72.9 cm³/mol. The summed E-state index contributed by atoms with van der Waals surface area (Å²) in [5.74, 6) is 1.17. The minimum absolute atomic E-state index is 0.335. The average molecular weight is 249 g/mol. The molecule has 0 aliphatic heterocycles. The molecule has 0 N–H and O–H groups in total. The molecule has 2 aromatic carbocycles. The largest absolute Gasteiger partial charge is 0.497 e. The van der Waals surface area contributed by atoms with Crippen molar-refractivity contribution in [3.05, 3.63) is 54.3 Å². The molecule has 0 fully saturated rings. The van der Waals surface area contributed by atoms with Gasteiger partial charge in [0.25, 0.3) is 0 Å². The summed E-state index contributed by atoms with van der Waals surface area (Å²) in [5, 5.41) is 9.76. The number of benzene rings is 2. The van der Waals surface area contributed by atoms with E-state index in [0.29, 0.717) is 5.76 Å². The van der Waals surface area contributed by atoms with Crippen LogP contribution in [-0.4, -0.2) is 7.11 Å². The number of nitrogens with zero attached hydrogens (tertiary/aromatic N) is 1. The molecule has 3 rings (SSSR count). The van der Waals surface area contributed by atoms with E-state index in [-0.39, 0.29) is 0 Å². The van der Waals surface area contributed by atoms with E-state index in [0.717, 1.165) is 27.8 Å². The zero-order valence-electron chi connectivity index (χ0n) is 10.4. The molecule has 0 unspecified atom stereocenters. The van der Waals surface area contributed by atoms with Gasteiger partial charge in [0.05, 0.1) is 7.11 Å². The Kier molecular flexibility index (Phi) is 2.70. The molecule has 1 aromatic heterocycles. The third-order valence-electron chi connectivity index (χ3n) is 3.05. The number of nitriles is 1. The molecule has 0 saturated carbocycles. The van der Waals surface area contributed by atoms with Crippen LogP contribution in [0, 0.1) is 11.3 Å². The van der Waals surface area contributed by atoms with Gasteiger partial charge in [0, 0.05) is 11.5 Å². The molecular formula is C16H11NO2. The standard InChI is InChI=1S/C16H11NO2/c1-18-14-5-2-11(3-6-14)12-4-7-16-13(8-12)9-15(10-17)19-16/h2-9H,1H3. The summed E-state index contributed by atoms with van der Waals surface area (Å²) in [6.45, 7) is 0. The highest BCUT2D eigenvalue weighted by Gasteiger charge is 2.05. The third-order valence-corrected chi connectivity index (χ3v) is 3.05. The SMILES string of the molecule is COc1ccc(-c2ccc3oc(C#N)cc3c2)cc1. The van der Waals surface area contributed by atoms with E-state index in [9.17, 15) is 0 Å². The van der Waals surface area contributed by atoms with Crippen LogP contribution in [0.5, 0.6) is 5.75 Å². The quantitative estimate of drug-likeness (QED) is 0.690.